The highest BCUT2D eigenvalue weighted by molar-refractivity contribution is 7.90. The van der Waals surface area contributed by atoms with Gasteiger partial charge in [-0.05, 0) is 30.5 Å². The van der Waals surface area contributed by atoms with E-state index in [4.69, 9.17) is 0 Å². The Morgan fingerprint density at radius 3 is 2.55 bits per heavy atom. The molecule has 0 atom stereocenters. The number of hydrogen-bond acceptors (Lipinski definition) is 5. The molecule has 2 aliphatic rings. The van der Waals surface area contributed by atoms with Crippen molar-refractivity contribution >= 4 is 28.0 Å². The van der Waals surface area contributed by atoms with E-state index in [-0.39, 0.29) is 35.6 Å². The van der Waals surface area contributed by atoms with Crippen molar-refractivity contribution in [3.8, 4) is 0 Å². The smallest absolute Gasteiger partial charge is 0.285 e. The average Bonchev–Trinajstić information content (AvgIpc) is 3.06. The molecule has 2 aromatic rings. The molecule has 0 unspecified atom stereocenters. The van der Waals surface area contributed by atoms with Crippen LogP contribution in [0.25, 0.3) is 0 Å². The van der Waals surface area contributed by atoms with Crippen molar-refractivity contribution in [2.75, 3.05) is 6.54 Å². The van der Waals surface area contributed by atoms with Gasteiger partial charge in [-0.2, -0.15) is 13.5 Å². The molecule has 0 spiro atoms. The van der Waals surface area contributed by atoms with Crippen LogP contribution in [-0.2, 0) is 14.8 Å². The minimum Gasteiger partial charge on any atom is -0.353 e. The van der Waals surface area contributed by atoms with Crippen LogP contribution in [0.2, 0.25) is 0 Å². The first-order valence-corrected chi connectivity index (χ1v) is 12.1. The third kappa shape index (κ3) is 5.19. The van der Waals surface area contributed by atoms with Crippen molar-refractivity contribution in [2.45, 2.75) is 49.5 Å². The Morgan fingerprint density at radius 2 is 1.77 bits per heavy atom. The van der Waals surface area contributed by atoms with Crippen LogP contribution in [0, 0.1) is 0 Å². The fourth-order valence-electron chi connectivity index (χ4n) is 3.92. The number of carbonyl (C=O) groups is 1. The summed E-state index contributed by atoms with van der Waals surface area (Å²) in [6.07, 6.45) is 7.38. The van der Waals surface area contributed by atoms with Crippen molar-refractivity contribution < 1.29 is 13.2 Å². The van der Waals surface area contributed by atoms with E-state index in [9.17, 15) is 13.2 Å². The molecule has 162 valence electrons. The van der Waals surface area contributed by atoms with Gasteiger partial charge in [-0.25, -0.2) is 5.01 Å². The maximum Gasteiger partial charge on any atom is 0.285 e. The number of nitrogens with zero attached hydrogens (tertiary/aromatic N) is 3. The largest absolute Gasteiger partial charge is 0.353 e. The van der Waals surface area contributed by atoms with Crippen molar-refractivity contribution in [3.05, 3.63) is 65.7 Å². The molecule has 1 N–H and O–H groups in total. The second-order valence-corrected chi connectivity index (χ2v) is 9.39. The van der Waals surface area contributed by atoms with E-state index >= 15 is 0 Å². The van der Waals surface area contributed by atoms with Gasteiger partial charge in [0.1, 0.15) is 4.90 Å². The fourth-order valence-corrected chi connectivity index (χ4v) is 5.13. The van der Waals surface area contributed by atoms with Gasteiger partial charge < -0.3 is 5.32 Å². The van der Waals surface area contributed by atoms with Crippen LogP contribution >= 0.6 is 0 Å². The van der Waals surface area contributed by atoms with Gasteiger partial charge in [0.05, 0.1) is 12.8 Å². The van der Waals surface area contributed by atoms with Gasteiger partial charge in [-0.3, -0.25) is 4.79 Å². The molecule has 31 heavy (non-hydrogen) atoms. The zero-order valence-electron chi connectivity index (χ0n) is 17.3. The van der Waals surface area contributed by atoms with Gasteiger partial charge in [0.2, 0.25) is 5.91 Å². The van der Waals surface area contributed by atoms with Gasteiger partial charge in [0.25, 0.3) is 10.0 Å². The van der Waals surface area contributed by atoms with Crippen LogP contribution in [0.1, 0.15) is 49.7 Å². The monoisotopic (exact) mass is 438 g/mol. The molecule has 1 aliphatic carbocycles. The SMILES string of the molecule is O=C(CCN(/N=C\c1ccccc1)C1=NS(=O)(=O)c2ccccc21)NC1CCCCC1. The Morgan fingerprint density at radius 1 is 1.06 bits per heavy atom. The van der Waals surface area contributed by atoms with Gasteiger partial charge in [-0.1, -0.05) is 61.7 Å². The minimum atomic E-state index is -3.77. The van der Waals surface area contributed by atoms with Gasteiger partial charge in [0.15, 0.2) is 5.84 Å². The molecule has 0 radical (unpaired) electrons. The molecular weight excluding hydrogens is 412 g/mol. The van der Waals surface area contributed by atoms with Crippen molar-refractivity contribution in [1.29, 1.82) is 0 Å². The number of hydrogen-bond donors (Lipinski definition) is 1. The summed E-state index contributed by atoms with van der Waals surface area (Å²) >= 11 is 0. The predicted molar refractivity (Wildman–Crippen MR) is 121 cm³/mol. The van der Waals surface area contributed by atoms with Crippen LogP contribution in [0.3, 0.4) is 0 Å². The Bertz CT molecular complexity index is 1090. The van der Waals surface area contributed by atoms with Crippen molar-refractivity contribution in [2.24, 2.45) is 9.50 Å². The molecule has 0 aromatic heterocycles. The van der Waals surface area contributed by atoms with Gasteiger partial charge >= 0.3 is 0 Å². The highest BCUT2D eigenvalue weighted by Crippen LogP contribution is 2.27. The lowest BCUT2D eigenvalue weighted by Crippen LogP contribution is -2.38. The molecule has 1 aliphatic heterocycles. The summed E-state index contributed by atoms with van der Waals surface area (Å²) in [4.78, 5) is 12.7. The molecule has 1 amide bonds. The van der Waals surface area contributed by atoms with Crippen LogP contribution in [0.4, 0.5) is 0 Å². The molecule has 1 saturated carbocycles. The molecule has 4 rings (SSSR count). The highest BCUT2D eigenvalue weighted by atomic mass is 32.2. The summed E-state index contributed by atoms with van der Waals surface area (Å²) in [5.74, 6) is 0.190. The first-order valence-electron chi connectivity index (χ1n) is 10.6. The van der Waals surface area contributed by atoms with Crippen molar-refractivity contribution in [3.63, 3.8) is 0 Å². The second-order valence-electron chi connectivity index (χ2n) is 7.82. The Kier molecular flexibility index (Phi) is 6.46. The van der Waals surface area contributed by atoms with E-state index in [2.05, 4.69) is 14.8 Å². The third-order valence-electron chi connectivity index (χ3n) is 5.52. The van der Waals surface area contributed by atoms with Gasteiger partial charge in [0, 0.05) is 18.0 Å². The maximum absolute atomic E-state index is 12.5. The standard InChI is InChI=1S/C23H26N4O3S/c28-22(25-19-11-5-2-6-12-19)15-16-27(24-17-18-9-3-1-4-10-18)23-20-13-7-8-14-21(20)31(29,30)26-23/h1,3-4,7-10,13-14,17,19H,2,5-6,11-12,15-16H2,(H,25,28)/b24-17-. The van der Waals surface area contributed by atoms with E-state index in [1.807, 2.05) is 30.3 Å². The first kappa shape index (κ1) is 21.2. The summed E-state index contributed by atoms with van der Waals surface area (Å²) in [7, 11) is -3.77. The number of hydrazone groups is 1. The lowest BCUT2D eigenvalue weighted by atomic mass is 9.95. The summed E-state index contributed by atoms with van der Waals surface area (Å²) in [6, 6.07) is 16.4. The zero-order chi connectivity index (χ0) is 21.7. The van der Waals surface area contributed by atoms with Crippen LogP contribution in [0.15, 0.2) is 69.0 Å². The van der Waals surface area contributed by atoms with Crippen LogP contribution in [0.5, 0.6) is 0 Å². The number of carbonyl (C=O) groups excluding carboxylic acids is 1. The normalized spacial score (nSPS) is 17.9. The topological polar surface area (TPSA) is 91.2 Å². The quantitative estimate of drug-likeness (QED) is 0.553. The Labute approximate surface area is 182 Å². The van der Waals surface area contributed by atoms with Gasteiger partial charge in [-0.15, -0.1) is 4.40 Å². The molecule has 7 nitrogen and oxygen atoms in total. The lowest BCUT2D eigenvalue weighted by molar-refractivity contribution is -0.122. The number of nitrogens with one attached hydrogen (secondary N) is 1. The summed E-state index contributed by atoms with van der Waals surface area (Å²) in [5, 5.41) is 9.10. The van der Waals surface area contributed by atoms with E-state index < -0.39 is 10.0 Å². The number of amides is 1. The van der Waals surface area contributed by atoms with Crippen LogP contribution < -0.4 is 5.32 Å². The summed E-state index contributed by atoms with van der Waals surface area (Å²) < 4.78 is 29.0. The van der Waals surface area contributed by atoms with E-state index in [0.29, 0.717) is 5.56 Å². The molecule has 1 fully saturated rings. The fraction of sp³-hybridized carbons (Fsp3) is 0.348. The summed E-state index contributed by atoms with van der Waals surface area (Å²) in [5.41, 5.74) is 1.37. The number of rotatable bonds is 6. The first-order chi connectivity index (χ1) is 15.0. The van der Waals surface area contributed by atoms with E-state index in [1.165, 1.54) is 17.5 Å². The molecule has 2 aromatic carbocycles. The van der Waals surface area contributed by atoms with E-state index in [0.717, 1.165) is 31.2 Å². The number of fused-ring (bicyclic) bond motifs is 1. The highest BCUT2D eigenvalue weighted by Gasteiger charge is 2.32. The number of benzene rings is 2. The average molecular weight is 439 g/mol. The molecule has 0 saturated heterocycles. The van der Waals surface area contributed by atoms with Crippen LogP contribution in [-0.4, -0.2) is 44.0 Å². The zero-order valence-corrected chi connectivity index (χ0v) is 18.1. The lowest BCUT2D eigenvalue weighted by Gasteiger charge is -2.24. The van der Waals surface area contributed by atoms with Crippen molar-refractivity contribution in [1.82, 2.24) is 10.3 Å². The minimum absolute atomic E-state index is 0.0541. The third-order valence-corrected chi connectivity index (χ3v) is 6.85. The molecular formula is C23H26N4O3S. The molecule has 1 heterocycles. The molecule has 0 bridgehead atoms. The Hall–Kier alpha value is -3.00. The number of sulfonamides is 1. The van der Waals surface area contributed by atoms with E-state index in [1.54, 1.807) is 24.4 Å². The summed E-state index contributed by atoms with van der Waals surface area (Å²) in [6.45, 7) is 0.227. The second kappa shape index (κ2) is 9.43. The molecule has 8 heteroatoms. The predicted octanol–water partition coefficient (Wildman–Crippen LogP) is 3.31. The Balaban J connectivity index is 1.54. The number of amidine groups is 1. The maximum atomic E-state index is 12.5.